The molecule has 49 heavy (non-hydrogen) atoms. The van der Waals surface area contributed by atoms with Crippen molar-refractivity contribution in [2.75, 3.05) is 26.0 Å². The maximum absolute atomic E-state index is 16.7. The molecular formula is C34H35BrF2N4O6S2. The van der Waals surface area contributed by atoms with Gasteiger partial charge < -0.3 is 10.1 Å². The molecule has 1 aromatic heterocycles. The zero-order chi connectivity index (χ0) is 34.8. The van der Waals surface area contributed by atoms with Crippen molar-refractivity contribution in [3.63, 3.8) is 0 Å². The number of hydrogen-bond donors (Lipinski definition) is 1. The minimum absolute atomic E-state index is 0.0560. The monoisotopic (exact) mass is 776 g/mol. The molecule has 15 heteroatoms. The quantitative estimate of drug-likeness (QED) is 0.174. The molecule has 2 aliphatic rings. The highest BCUT2D eigenvalue weighted by molar-refractivity contribution is 9.10. The average molecular weight is 778 g/mol. The number of aromatic nitrogens is 2. The summed E-state index contributed by atoms with van der Waals surface area (Å²) in [5.41, 5.74) is 3.00. The number of benzene rings is 3. The van der Waals surface area contributed by atoms with Gasteiger partial charge in [0, 0.05) is 31.0 Å². The molecule has 260 valence electrons. The van der Waals surface area contributed by atoms with Gasteiger partial charge in [-0.05, 0) is 100 Å². The third-order valence-electron chi connectivity index (χ3n) is 8.69. The molecule has 4 aromatic rings. The first-order valence-electron chi connectivity index (χ1n) is 15.6. The van der Waals surface area contributed by atoms with Crippen LogP contribution in [0.3, 0.4) is 0 Å². The summed E-state index contributed by atoms with van der Waals surface area (Å²) in [5.74, 6) is 1.06. The molecule has 3 heterocycles. The van der Waals surface area contributed by atoms with Crippen molar-refractivity contribution in [3.05, 3.63) is 106 Å². The number of hydrogen-bond acceptors (Lipinski definition) is 10. The lowest BCUT2D eigenvalue weighted by Crippen LogP contribution is -2.43. The molecule has 0 amide bonds. The molecule has 1 unspecified atom stereocenters. The van der Waals surface area contributed by atoms with Gasteiger partial charge in [-0.2, -0.15) is 17.2 Å². The minimum atomic E-state index is -5.12. The van der Waals surface area contributed by atoms with Crippen LogP contribution in [0.2, 0.25) is 0 Å². The van der Waals surface area contributed by atoms with Crippen molar-refractivity contribution in [2.45, 2.75) is 48.7 Å². The zero-order valence-electron chi connectivity index (χ0n) is 26.6. The molecule has 0 radical (unpaired) electrons. The van der Waals surface area contributed by atoms with E-state index in [0.717, 1.165) is 48.9 Å². The molecule has 1 fully saturated rings. The standard InChI is InChI=1S/C34H35BrF2N4O6S2/c1-48(42,43)47-22-32-39-17-28(18-40-32)24-7-8-26-19-41(20-27(26)15-24)33(34(36,37)49(44,45)29-5-3-2-4-6-29)25-9-10-31(30(35)16-25)46-21-23-11-13-38-14-12-23/h2-10,15-18,23,33,38H,11-14,19-22H2,1H3. The predicted octanol–water partition coefficient (Wildman–Crippen LogP) is 5.88. The maximum Gasteiger partial charge on any atom is 0.369 e. The molecule has 0 bridgehead atoms. The summed E-state index contributed by atoms with van der Waals surface area (Å²) in [4.78, 5) is 9.38. The van der Waals surface area contributed by atoms with E-state index in [9.17, 15) is 16.8 Å². The molecule has 2 aliphatic heterocycles. The Morgan fingerprint density at radius 2 is 1.63 bits per heavy atom. The highest BCUT2D eigenvalue weighted by Gasteiger charge is 2.56. The van der Waals surface area contributed by atoms with Crippen LogP contribution in [0.15, 0.2) is 88.5 Å². The van der Waals surface area contributed by atoms with Crippen LogP contribution >= 0.6 is 15.9 Å². The van der Waals surface area contributed by atoms with Gasteiger partial charge in [-0.3, -0.25) is 9.08 Å². The van der Waals surface area contributed by atoms with Gasteiger partial charge in [0.15, 0.2) is 5.82 Å². The number of ether oxygens (including phenoxy) is 1. The van der Waals surface area contributed by atoms with Crippen LogP contribution in [-0.4, -0.2) is 62.9 Å². The lowest BCUT2D eigenvalue weighted by Gasteiger charge is -2.34. The molecule has 0 aliphatic carbocycles. The van der Waals surface area contributed by atoms with Crippen molar-refractivity contribution in [3.8, 4) is 16.9 Å². The van der Waals surface area contributed by atoms with E-state index in [0.29, 0.717) is 28.3 Å². The van der Waals surface area contributed by atoms with E-state index in [-0.39, 0.29) is 31.1 Å². The molecule has 0 saturated carbocycles. The van der Waals surface area contributed by atoms with Gasteiger partial charge in [0.2, 0.25) is 9.84 Å². The van der Waals surface area contributed by atoms with E-state index in [1.165, 1.54) is 53.7 Å². The first-order valence-corrected chi connectivity index (χ1v) is 19.7. The van der Waals surface area contributed by atoms with Crippen molar-refractivity contribution >= 4 is 35.9 Å². The summed E-state index contributed by atoms with van der Waals surface area (Å²) in [6, 6.07) is 15.1. The number of alkyl halides is 2. The van der Waals surface area contributed by atoms with Gasteiger partial charge in [0.25, 0.3) is 10.1 Å². The normalized spacial score (nSPS) is 16.7. The van der Waals surface area contributed by atoms with Gasteiger partial charge >= 0.3 is 5.25 Å². The third-order valence-corrected chi connectivity index (χ3v) is 11.7. The number of sulfone groups is 1. The Hall–Kier alpha value is -3.34. The van der Waals surface area contributed by atoms with E-state index in [4.69, 9.17) is 8.92 Å². The Morgan fingerprint density at radius 1 is 0.939 bits per heavy atom. The van der Waals surface area contributed by atoms with Crippen LogP contribution in [0.5, 0.6) is 5.75 Å². The van der Waals surface area contributed by atoms with Crippen LogP contribution in [0.25, 0.3) is 11.1 Å². The average Bonchev–Trinajstić information content (AvgIpc) is 3.50. The highest BCUT2D eigenvalue weighted by atomic mass is 79.9. The number of rotatable bonds is 12. The smallest absolute Gasteiger partial charge is 0.369 e. The summed E-state index contributed by atoms with van der Waals surface area (Å²) in [7, 11) is -8.78. The van der Waals surface area contributed by atoms with Gasteiger partial charge in [0.1, 0.15) is 18.4 Å². The molecular weight excluding hydrogens is 742 g/mol. The molecule has 3 aromatic carbocycles. The van der Waals surface area contributed by atoms with Crippen LogP contribution in [-0.2, 0) is 43.8 Å². The Morgan fingerprint density at radius 3 is 2.31 bits per heavy atom. The third kappa shape index (κ3) is 8.02. The Labute approximate surface area is 293 Å². The number of halogens is 3. The SMILES string of the molecule is CS(=O)(=O)OCc1ncc(-c2ccc3c(c2)CN(C(c2ccc(OCC4CCNCC4)c(Br)c2)C(F)(F)S(=O)(=O)c2ccccc2)C3)cn1. The van der Waals surface area contributed by atoms with E-state index in [2.05, 4.69) is 31.2 Å². The van der Waals surface area contributed by atoms with Crippen molar-refractivity contribution < 1.29 is 34.5 Å². The number of nitrogens with one attached hydrogen (secondary N) is 1. The predicted molar refractivity (Wildman–Crippen MR) is 183 cm³/mol. The summed E-state index contributed by atoms with van der Waals surface area (Å²) in [5, 5.41) is -0.893. The van der Waals surface area contributed by atoms with Gasteiger partial charge in [0.05, 0.1) is 22.2 Å². The minimum Gasteiger partial charge on any atom is -0.492 e. The molecule has 6 rings (SSSR count). The maximum atomic E-state index is 16.7. The fourth-order valence-electron chi connectivity index (χ4n) is 6.10. The molecule has 1 saturated heterocycles. The zero-order valence-corrected chi connectivity index (χ0v) is 29.8. The number of nitrogens with zero attached hydrogens (tertiary/aromatic N) is 3. The molecule has 1 N–H and O–H groups in total. The fourth-order valence-corrected chi connectivity index (χ4v) is 8.34. The van der Waals surface area contributed by atoms with Gasteiger partial charge in [-0.15, -0.1) is 0 Å². The first kappa shape index (κ1) is 35.5. The lowest BCUT2D eigenvalue weighted by molar-refractivity contribution is -0.0174. The topological polar surface area (TPSA) is 128 Å². The van der Waals surface area contributed by atoms with E-state index < -0.39 is 36.1 Å². The number of piperidine rings is 1. The summed E-state index contributed by atoms with van der Waals surface area (Å²) in [6.45, 7) is 2.17. The Kier molecular flexibility index (Phi) is 10.5. The second-order valence-corrected chi connectivity index (χ2v) is 16.7. The van der Waals surface area contributed by atoms with Gasteiger partial charge in [-0.1, -0.05) is 36.4 Å². The van der Waals surface area contributed by atoms with E-state index in [1.54, 1.807) is 12.1 Å². The Balaban J connectivity index is 1.29. The fraction of sp³-hybridized carbons (Fsp3) is 0.353. The number of fused-ring (bicyclic) bond motifs is 1. The second kappa shape index (κ2) is 14.5. The van der Waals surface area contributed by atoms with Crippen LogP contribution in [0.1, 0.15) is 41.4 Å². The summed E-state index contributed by atoms with van der Waals surface area (Å²) >= 11 is 3.50. The van der Waals surface area contributed by atoms with Crippen molar-refractivity contribution in [1.29, 1.82) is 0 Å². The molecule has 10 nitrogen and oxygen atoms in total. The Bertz CT molecular complexity index is 2010. The summed E-state index contributed by atoms with van der Waals surface area (Å²) < 4.78 is 94.5. The van der Waals surface area contributed by atoms with Crippen LogP contribution < -0.4 is 10.1 Å². The van der Waals surface area contributed by atoms with Crippen molar-refractivity contribution in [1.82, 2.24) is 20.2 Å². The van der Waals surface area contributed by atoms with Crippen LogP contribution in [0.4, 0.5) is 8.78 Å². The van der Waals surface area contributed by atoms with Crippen molar-refractivity contribution in [2.24, 2.45) is 5.92 Å². The van der Waals surface area contributed by atoms with Gasteiger partial charge in [-0.25, -0.2) is 18.4 Å². The van der Waals surface area contributed by atoms with Crippen LogP contribution in [0, 0.1) is 5.92 Å². The first-order chi connectivity index (χ1) is 23.3. The highest BCUT2D eigenvalue weighted by Crippen LogP contribution is 2.47. The van der Waals surface area contributed by atoms with E-state index in [1.807, 2.05) is 18.2 Å². The largest absolute Gasteiger partial charge is 0.492 e. The second-order valence-electron chi connectivity index (χ2n) is 12.2. The van der Waals surface area contributed by atoms with E-state index >= 15 is 8.78 Å². The summed E-state index contributed by atoms with van der Waals surface area (Å²) in [6.07, 6.45) is 5.96. The lowest BCUT2D eigenvalue weighted by atomic mass is 9.99. The molecule has 1 atom stereocenters. The molecule has 0 spiro atoms.